The smallest absolute Gasteiger partial charge is 0.346 e. The van der Waals surface area contributed by atoms with Crippen LogP contribution in [0.15, 0.2) is 18.0 Å². The second-order valence-corrected chi connectivity index (χ2v) is 2.42. The average molecular weight is 177 g/mol. The van der Waals surface area contributed by atoms with Crippen LogP contribution in [-0.4, -0.2) is 20.9 Å². The van der Waals surface area contributed by atoms with Gasteiger partial charge in [-0.15, -0.1) is 0 Å². The highest BCUT2D eigenvalue weighted by Crippen LogP contribution is 2.04. The molecule has 0 radical (unpaired) electrons. The van der Waals surface area contributed by atoms with Crippen molar-refractivity contribution in [3.05, 3.63) is 23.5 Å². The molecule has 0 bridgehead atoms. The van der Waals surface area contributed by atoms with E-state index < -0.39 is 5.97 Å². The molecule has 0 aliphatic heterocycles. The Hall–Kier alpha value is -2.09. The topological polar surface area (TPSA) is 78.9 Å². The summed E-state index contributed by atoms with van der Waals surface area (Å²) in [7, 11) is 1.71. The maximum Gasteiger partial charge on any atom is 0.346 e. The summed E-state index contributed by atoms with van der Waals surface area (Å²) < 4.78 is 1.53. The van der Waals surface area contributed by atoms with Crippen molar-refractivity contribution in [1.29, 1.82) is 5.26 Å². The van der Waals surface area contributed by atoms with E-state index in [0.29, 0.717) is 5.56 Å². The third kappa shape index (κ3) is 2.17. The molecule has 0 spiro atoms. The lowest BCUT2D eigenvalue weighted by molar-refractivity contribution is -0.132. The number of carboxylic acids is 1. The van der Waals surface area contributed by atoms with Gasteiger partial charge in [0.05, 0.1) is 6.20 Å². The summed E-state index contributed by atoms with van der Waals surface area (Å²) in [6.45, 7) is 0. The summed E-state index contributed by atoms with van der Waals surface area (Å²) >= 11 is 0. The third-order valence-corrected chi connectivity index (χ3v) is 1.39. The number of rotatable bonds is 2. The zero-order valence-electron chi connectivity index (χ0n) is 6.93. The minimum absolute atomic E-state index is 0.298. The number of carboxylic acid groups (broad SMARTS) is 1. The van der Waals surface area contributed by atoms with Gasteiger partial charge in [0.2, 0.25) is 0 Å². The minimum atomic E-state index is -1.23. The van der Waals surface area contributed by atoms with E-state index in [-0.39, 0.29) is 5.57 Å². The molecule has 0 fully saturated rings. The van der Waals surface area contributed by atoms with Gasteiger partial charge in [-0.25, -0.2) is 4.79 Å². The van der Waals surface area contributed by atoms with E-state index in [1.165, 1.54) is 17.0 Å². The maximum absolute atomic E-state index is 10.4. The molecule has 1 rings (SSSR count). The Morgan fingerprint density at radius 2 is 2.54 bits per heavy atom. The van der Waals surface area contributed by atoms with Gasteiger partial charge in [0.25, 0.3) is 0 Å². The molecule has 0 aliphatic rings. The maximum atomic E-state index is 10.4. The molecule has 0 saturated carbocycles. The summed E-state index contributed by atoms with van der Waals surface area (Å²) in [4.78, 5) is 10.4. The number of hydrogen-bond donors (Lipinski definition) is 1. The molecule has 66 valence electrons. The van der Waals surface area contributed by atoms with Crippen LogP contribution in [0.1, 0.15) is 5.56 Å². The fraction of sp³-hybridized carbons (Fsp3) is 0.125. The van der Waals surface area contributed by atoms with E-state index >= 15 is 0 Å². The van der Waals surface area contributed by atoms with Gasteiger partial charge in [0.15, 0.2) is 0 Å². The first-order valence-corrected chi connectivity index (χ1v) is 3.47. The molecule has 1 N–H and O–H groups in total. The van der Waals surface area contributed by atoms with Crippen LogP contribution in [0.2, 0.25) is 0 Å². The zero-order valence-corrected chi connectivity index (χ0v) is 6.93. The van der Waals surface area contributed by atoms with Crippen molar-refractivity contribution in [2.75, 3.05) is 0 Å². The highest BCUT2D eigenvalue weighted by molar-refractivity contribution is 5.96. The van der Waals surface area contributed by atoms with Crippen molar-refractivity contribution >= 4 is 12.0 Å². The van der Waals surface area contributed by atoms with Crippen molar-refractivity contribution in [2.24, 2.45) is 7.05 Å². The monoisotopic (exact) mass is 177 g/mol. The number of carbonyl (C=O) groups is 1. The fourth-order valence-corrected chi connectivity index (χ4v) is 0.823. The molecule has 13 heavy (non-hydrogen) atoms. The van der Waals surface area contributed by atoms with E-state index in [9.17, 15) is 4.79 Å². The normalized spacial score (nSPS) is 10.9. The predicted molar refractivity (Wildman–Crippen MR) is 44.4 cm³/mol. The SMILES string of the molecule is Cn1cc(C=C(C#N)C(=O)O)cn1. The molecular formula is C8H7N3O2. The Labute approximate surface area is 74.5 Å². The van der Waals surface area contributed by atoms with Crippen molar-refractivity contribution in [1.82, 2.24) is 9.78 Å². The van der Waals surface area contributed by atoms with E-state index in [2.05, 4.69) is 5.10 Å². The van der Waals surface area contributed by atoms with Crippen LogP contribution in [0.4, 0.5) is 0 Å². The Balaban J connectivity index is 3.00. The third-order valence-electron chi connectivity index (χ3n) is 1.39. The summed E-state index contributed by atoms with van der Waals surface area (Å²) in [6.07, 6.45) is 4.38. The van der Waals surface area contributed by atoms with Crippen LogP contribution in [-0.2, 0) is 11.8 Å². The van der Waals surface area contributed by atoms with Crippen molar-refractivity contribution in [3.8, 4) is 6.07 Å². The highest BCUT2D eigenvalue weighted by atomic mass is 16.4. The van der Waals surface area contributed by atoms with Crippen LogP contribution >= 0.6 is 0 Å². The van der Waals surface area contributed by atoms with Gasteiger partial charge in [-0.05, 0) is 6.08 Å². The van der Waals surface area contributed by atoms with E-state index in [0.717, 1.165) is 0 Å². The van der Waals surface area contributed by atoms with E-state index in [1.807, 2.05) is 0 Å². The second kappa shape index (κ2) is 3.54. The molecule has 5 nitrogen and oxygen atoms in total. The van der Waals surface area contributed by atoms with Gasteiger partial charge in [0.1, 0.15) is 11.6 Å². The Bertz CT molecular complexity index is 398. The van der Waals surface area contributed by atoms with Gasteiger partial charge in [0, 0.05) is 18.8 Å². The molecule has 0 atom stereocenters. The second-order valence-electron chi connectivity index (χ2n) is 2.42. The standard InChI is InChI=1S/C8H7N3O2/c1-11-5-6(4-10-11)2-7(3-9)8(12)13/h2,4-5H,1H3,(H,12,13). The lowest BCUT2D eigenvalue weighted by atomic mass is 10.2. The number of aryl methyl sites for hydroxylation is 1. The summed E-state index contributed by atoms with van der Waals surface area (Å²) in [5, 5.41) is 20.8. The first-order chi connectivity index (χ1) is 6.13. The number of nitrogens with zero attached hydrogens (tertiary/aromatic N) is 3. The minimum Gasteiger partial charge on any atom is -0.477 e. The molecule has 0 unspecified atom stereocenters. The first kappa shape index (κ1) is 9.00. The van der Waals surface area contributed by atoms with Gasteiger partial charge < -0.3 is 5.11 Å². The molecule has 0 amide bonds. The molecule has 1 heterocycles. The van der Waals surface area contributed by atoms with E-state index in [4.69, 9.17) is 10.4 Å². The molecule has 0 saturated heterocycles. The Morgan fingerprint density at radius 1 is 1.85 bits per heavy atom. The quantitative estimate of drug-likeness (QED) is 0.524. The van der Waals surface area contributed by atoms with Crippen LogP contribution in [0.5, 0.6) is 0 Å². The van der Waals surface area contributed by atoms with Gasteiger partial charge in [-0.3, -0.25) is 4.68 Å². The first-order valence-electron chi connectivity index (χ1n) is 3.47. The largest absolute Gasteiger partial charge is 0.477 e. The molecule has 0 aromatic carbocycles. The molecule has 0 aliphatic carbocycles. The van der Waals surface area contributed by atoms with Crippen molar-refractivity contribution in [2.45, 2.75) is 0 Å². The fourth-order valence-electron chi connectivity index (χ4n) is 0.823. The summed E-state index contributed by atoms with van der Waals surface area (Å²) in [6, 6.07) is 1.58. The van der Waals surface area contributed by atoms with Crippen LogP contribution < -0.4 is 0 Å². The predicted octanol–water partition coefficient (Wildman–Crippen LogP) is 0.412. The van der Waals surface area contributed by atoms with Crippen molar-refractivity contribution in [3.63, 3.8) is 0 Å². The lowest BCUT2D eigenvalue weighted by Gasteiger charge is -1.86. The number of nitriles is 1. The summed E-state index contributed by atoms with van der Waals surface area (Å²) in [5.41, 5.74) is 0.300. The lowest BCUT2D eigenvalue weighted by Crippen LogP contribution is -1.96. The summed E-state index contributed by atoms with van der Waals surface area (Å²) in [5.74, 6) is -1.23. The number of aromatic nitrogens is 2. The Kier molecular flexibility index (Phi) is 2.45. The van der Waals surface area contributed by atoms with E-state index in [1.54, 1.807) is 19.3 Å². The van der Waals surface area contributed by atoms with Crippen LogP contribution in [0.25, 0.3) is 6.08 Å². The number of hydrogen-bond acceptors (Lipinski definition) is 3. The highest BCUT2D eigenvalue weighted by Gasteiger charge is 2.05. The molecular weight excluding hydrogens is 170 g/mol. The van der Waals surface area contributed by atoms with Crippen LogP contribution in [0.3, 0.4) is 0 Å². The molecule has 1 aromatic heterocycles. The van der Waals surface area contributed by atoms with Gasteiger partial charge in [-0.1, -0.05) is 0 Å². The zero-order chi connectivity index (χ0) is 9.84. The van der Waals surface area contributed by atoms with Crippen LogP contribution in [0, 0.1) is 11.3 Å². The molecule has 1 aromatic rings. The van der Waals surface area contributed by atoms with Gasteiger partial charge >= 0.3 is 5.97 Å². The van der Waals surface area contributed by atoms with Crippen molar-refractivity contribution < 1.29 is 9.90 Å². The Morgan fingerprint density at radius 3 is 2.92 bits per heavy atom. The van der Waals surface area contributed by atoms with Gasteiger partial charge in [-0.2, -0.15) is 10.4 Å². The molecule has 5 heteroatoms. The average Bonchev–Trinajstić information content (AvgIpc) is 2.46. The number of aliphatic carboxylic acids is 1.